The van der Waals surface area contributed by atoms with Crippen LogP contribution in [0.3, 0.4) is 0 Å². The molecule has 19 heavy (non-hydrogen) atoms. The highest BCUT2D eigenvalue weighted by molar-refractivity contribution is 7.48. The van der Waals surface area contributed by atoms with Crippen molar-refractivity contribution in [3.05, 3.63) is 35.9 Å². The van der Waals surface area contributed by atoms with Crippen LogP contribution in [0.5, 0.6) is 0 Å². The molecule has 0 radical (unpaired) electrons. The Morgan fingerprint density at radius 2 is 1.84 bits per heavy atom. The molecule has 4 N–H and O–H groups in total. The zero-order chi connectivity index (χ0) is 14.3. The standard InChI is InChI=1S/C12H16NO5P/c14-11(15)7-6-10(12(16)17)13-19(18)8-9-4-2-1-3-5-9/h1-5,10,13,18H,6-8H2,(H,14,15)(H,16,17). The summed E-state index contributed by atoms with van der Waals surface area (Å²) in [6, 6.07) is 8.13. The third kappa shape index (κ3) is 6.29. The van der Waals surface area contributed by atoms with Gasteiger partial charge in [-0.3, -0.25) is 14.7 Å². The van der Waals surface area contributed by atoms with Gasteiger partial charge in [0.15, 0.2) is 0 Å². The van der Waals surface area contributed by atoms with Crippen LogP contribution in [-0.2, 0) is 15.8 Å². The molecule has 2 atom stereocenters. The molecule has 0 saturated heterocycles. The molecule has 0 aliphatic carbocycles. The molecular weight excluding hydrogens is 269 g/mol. The minimum atomic E-state index is -1.68. The normalized spacial score (nSPS) is 13.7. The first kappa shape index (κ1) is 15.6. The SMILES string of the molecule is O=C(O)CCC(NP(O)Cc1ccccc1)C(=O)O. The Hall–Kier alpha value is -1.49. The molecule has 0 bridgehead atoms. The van der Waals surface area contributed by atoms with E-state index in [0.717, 1.165) is 5.56 Å². The monoisotopic (exact) mass is 285 g/mol. The molecule has 2 unspecified atom stereocenters. The second-order valence-corrected chi connectivity index (χ2v) is 5.37. The smallest absolute Gasteiger partial charge is 0.321 e. The Bertz CT molecular complexity index is 425. The van der Waals surface area contributed by atoms with Gasteiger partial charge in [0.25, 0.3) is 0 Å². The van der Waals surface area contributed by atoms with Crippen molar-refractivity contribution in [3.8, 4) is 0 Å². The van der Waals surface area contributed by atoms with E-state index < -0.39 is 26.3 Å². The minimum absolute atomic E-state index is 0.0567. The Labute approximate surface area is 112 Å². The number of carbonyl (C=O) groups is 2. The van der Waals surface area contributed by atoms with Gasteiger partial charge in [0, 0.05) is 12.6 Å². The van der Waals surface area contributed by atoms with Crippen molar-refractivity contribution in [2.75, 3.05) is 0 Å². The highest BCUT2D eigenvalue weighted by Crippen LogP contribution is 2.31. The van der Waals surface area contributed by atoms with Gasteiger partial charge in [-0.25, -0.2) is 0 Å². The van der Waals surface area contributed by atoms with Crippen LogP contribution in [0.25, 0.3) is 0 Å². The lowest BCUT2D eigenvalue weighted by molar-refractivity contribution is -0.140. The van der Waals surface area contributed by atoms with Crippen LogP contribution in [0.1, 0.15) is 18.4 Å². The van der Waals surface area contributed by atoms with Crippen molar-refractivity contribution < 1.29 is 24.7 Å². The molecule has 1 aromatic carbocycles. The summed E-state index contributed by atoms with van der Waals surface area (Å²) in [7, 11) is -1.68. The zero-order valence-electron chi connectivity index (χ0n) is 10.2. The van der Waals surface area contributed by atoms with Crippen LogP contribution in [-0.4, -0.2) is 33.1 Å². The van der Waals surface area contributed by atoms with Gasteiger partial charge in [-0.2, -0.15) is 0 Å². The number of rotatable bonds is 8. The van der Waals surface area contributed by atoms with E-state index in [1.54, 1.807) is 0 Å². The third-order valence-electron chi connectivity index (χ3n) is 2.42. The van der Waals surface area contributed by atoms with E-state index in [1.165, 1.54) is 0 Å². The molecule has 6 nitrogen and oxygen atoms in total. The summed E-state index contributed by atoms with van der Waals surface area (Å²) in [6.45, 7) is 0. The molecule has 104 valence electrons. The summed E-state index contributed by atoms with van der Waals surface area (Å²) in [6.07, 6.45) is 0.0182. The quantitative estimate of drug-likeness (QED) is 0.538. The number of aliphatic carboxylic acids is 2. The second kappa shape index (κ2) is 7.84. The van der Waals surface area contributed by atoms with Gasteiger partial charge in [0.2, 0.25) is 0 Å². The highest BCUT2D eigenvalue weighted by Gasteiger charge is 2.21. The molecule has 0 spiro atoms. The number of nitrogens with one attached hydrogen (secondary N) is 1. The largest absolute Gasteiger partial charge is 0.481 e. The fourth-order valence-electron chi connectivity index (χ4n) is 1.49. The van der Waals surface area contributed by atoms with E-state index in [2.05, 4.69) is 5.09 Å². The van der Waals surface area contributed by atoms with E-state index in [0.29, 0.717) is 6.16 Å². The Morgan fingerprint density at radius 3 is 2.37 bits per heavy atom. The molecule has 7 heteroatoms. The van der Waals surface area contributed by atoms with Crippen molar-refractivity contribution in [2.45, 2.75) is 25.0 Å². The first-order valence-electron chi connectivity index (χ1n) is 5.70. The molecule has 0 aliphatic heterocycles. The summed E-state index contributed by atoms with van der Waals surface area (Å²) in [5.74, 6) is -2.21. The van der Waals surface area contributed by atoms with Gasteiger partial charge in [-0.15, -0.1) is 0 Å². The van der Waals surface area contributed by atoms with Crippen molar-refractivity contribution in [2.24, 2.45) is 0 Å². The predicted octanol–water partition coefficient (Wildman–Crippen LogP) is 1.40. The van der Waals surface area contributed by atoms with Gasteiger partial charge in [0.1, 0.15) is 14.3 Å². The minimum Gasteiger partial charge on any atom is -0.481 e. The van der Waals surface area contributed by atoms with E-state index >= 15 is 0 Å². The molecule has 0 saturated carbocycles. The first-order chi connectivity index (χ1) is 8.99. The number of carboxylic acids is 2. The Kier molecular flexibility index (Phi) is 6.42. The van der Waals surface area contributed by atoms with Crippen LogP contribution in [0, 0.1) is 0 Å². The van der Waals surface area contributed by atoms with Crippen molar-refractivity contribution in [1.82, 2.24) is 5.09 Å². The number of hydrogen-bond acceptors (Lipinski definition) is 4. The van der Waals surface area contributed by atoms with Crippen LogP contribution in [0.4, 0.5) is 0 Å². The summed E-state index contributed by atoms with van der Waals surface area (Å²) >= 11 is 0. The highest BCUT2D eigenvalue weighted by atomic mass is 31.2. The van der Waals surface area contributed by atoms with Gasteiger partial charge in [0.05, 0.1) is 0 Å². The average molecular weight is 285 g/mol. The van der Waals surface area contributed by atoms with E-state index in [9.17, 15) is 14.5 Å². The first-order valence-corrected chi connectivity index (χ1v) is 7.18. The van der Waals surface area contributed by atoms with E-state index in [-0.39, 0.29) is 12.8 Å². The van der Waals surface area contributed by atoms with Crippen LogP contribution < -0.4 is 5.09 Å². The van der Waals surface area contributed by atoms with Gasteiger partial charge < -0.3 is 15.1 Å². The second-order valence-electron chi connectivity index (χ2n) is 4.00. The molecular formula is C12H16NO5P. The lowest BCUT2D eigenvalue weighted by Gasteiger charge is -2.18. The molecule has 0 aromatic heterocycles. The number of carboxylic acid groups (broad SMARTS) is 2. The Balaban J connectivity index is 2.49. The maximum atomic E-state index is 10.9. The lowest BCUT2D eigenvalue weighted by atomic mass is 10.2. The summed E-state index contributed by atoms with van der Waals surface area (Å²) in [5, 5.41) is 20.1. The van der Waals surface area contributed by atoms with Gasteiger partial charge >= 0.3 is 11.9 Å². The molecule has 1 rings (SSSR count). The fourth-order valence-corrected chi connectivity index (χ4v) is 2.74. The number of benzene rings is 1. The summed E-state index contributed by atoms with van der Waals surface area (Å²) in [5.41, 5.74) is 0.894. The van der Waals surface area contributed by atoms with E-state index in [4.69, 9.17) is 10.2 Å². The fraction of sp³-hybridized carbons (Fsp3) is 0.333. The number of hydrogen-bond donors (Lipinski definition) is 4. The van der Waals surface area contributed by atoms with Crippen molar-refractivity contribution in [3.63, 3.8) is 0 Å². The molecule has 1 aromatic rings. The lowest BCUT2D eigenvalue weighted by Crippen LogP contribution is -2.34. The maximum absolute atomic E-state index is 10.9. The average Bonchev–Trinajstić information content (AvgIpc) is 2.35. The molecule has 0 heterocycles. The van der Waals surface area contributed by atoms with Crippen LogP contribution in [0.15, 0.2) is 30.3 Å². The van der Waals surface area contributed by atoms with Crippen molar-refractivity contribution >= 4 is 20.2 Å². The van der Waals surface area contributed by atoms with Crippen LogP contribution >= 0.6 is 8.30 Å². The molecule has 0 aliphatic rings. The molecule has 0 amide bonds. The summed E-state index contributed by atoms with van der Waals surface area (Å²) < 4.78 is 0. The zero-order valence-corrected chi connectivity index (χ0v) is 11.1. The van der Waals surface area contributed by atoms with Gasteiger partial charge in [-0.1, -0.05) is 30.3 Å². The third-order valence-corrected chi connectivity index (χ3v) is 3.70. The predicted molar refractivity (Wildman–Crippen MR) is 70.7 cm³/mol. The van der Waals surface area contributed by atoms with Crippen LogP contribution in [0.2, 0.25) is 0 Å². The van der Waals surface area contributed by atoms with Crippen molar-refractivity contribution in [1.29, 1.82) is 0 Å². The van der Waals surface area contributed by atoms with Gasteiger partial charge in [-0.05, 0) is 12.0 Å². The summed E-state index contributed by atoms with van der Waals surface area (Å²) in [4.78, 5) is 31.2. The Morgan fingerprint density at radius 1 is 1.21 bits per heavy atom. The maximum Gasteiger partial charge on any atom is 0.321 e. The van der Waals surface area contributed by atoms with E-state index in [1.807, 2.05) is 30.3 Å². The topological polar surface area (TPSA) is 107 Å². The molecule has 0 fully saturated rings.